The van der Waals surface area contributed by atoms with Crippen molar-refractivity contribution in [2.24, 2.45) is 0 Å². The Hall–Kier alpha value is -1.64. The maximum atomic E-state index is 11.1. The molecule has 5 nitrogen and oxygen atoms in total. The Morgan fingerprint density at radius 3 is 2.40 bits per heavy atom. The van der Waals surface area contributed by atoms with E-state index in [1.54, 1.807) is 6.20 Å². The molecule has 0 bridgehead atoms. The summed E-state index contributed by atoms with van der Waals surface area (Å²) >= 11 is 10.3. The molecule has 2 aromatic rings. The number of nitrogens with zero attached hydrogens (tertiary/aromatic N) is 2. The number of hydrogen-bond acceptors (Lipinski definition) is 4. The number of halogens is 5. The molecule has 0 fully saturated rings. The van der Waals surface area contributed by atoms with Crippen LogP contribution in [-0.2, 0) is 4.79 Å². The van der Waals surface area contributed by atoms with E-state index in [2.05, 4.69) is 22.0 Å². The quantitative estimate of drug-likeness (QED) is 0.624. The first-order valence-electron chi connectivity index (χ1n) is 4.95. The third-order valence-electron chi connectivity index (χ3n) is 1.94. The van der Waals surface area contributed by atoms with Crippen LogP contribution in [0.5, 0.6) is 0 Å². The van der Waals surface area contributed by atoms with Crippen molar-refractivity contribution < 1.29 is 18.0 Å². The van der Waals surface area contributed by atoms with Crippen molar-refractivity contribution in [2.75, 3.05) is 0 Å². The van der Waals surface area contributed by atoms with Gasteiger partial charge in [0, 0.05) is 10.8 Å². The molecule has 1 aromatic heterocycles. The maximum Gasteiger partial charge on any atom is 0.472 e. The molecule has 0 aliphatic carbocycles. The van der Waals surface area contributed by atoms with Crippen LogP contribution in [0, 0.1) is 0 Å². The highest BCUT2D eigenvalue weighted by Crippen LogP contribution is 2.18. The fourth-order valence-electron chi connectivity index (χ4n) is 1.11. The molecule has 2 N–H and O–H groups in total. The number of aromatic nitrogens is 2. The Morgan fingerprint density at radius 1 is 1.25 bits per heavy atom. The molecule has 20 heavy (non-hydrogen) atoms. The zero-order chi connectivity index (χ0) is 15.2. The van der Waals surface area contributed by atoms with Crippen LogP contribution in [0.4, 0.5) is 13.2 Å². The Bertz CT molecular complexity index is 589. The van der Waals surface area contributed by atoms with Gasteiger partial charge in [-0.05, 0) is 11.8 Å². The number of benzene rings is 1. The molecule has 108 valence electrons. The summed E-state index contributed by atoms with van der Waals surface area (Å²) in [6, 6.07) is 7.75. The van der Waals surface area contributed by atoms with Crippen molar-refractivity contribution in [1.82, 2.24) is 20.6 Å². The van der Waals surface area contributed by atoms with Gasteiger partial charge in [0.15, 0.2) is 5.15 Å². The summed E-state index contributed by atoms with van der Waals surface area (Å²) in [6.07, 6.45) is -3.19. The number of fused-ring (bicyclic) bond motifs is 1. The minimum absolute atomic E-state index is 0.461. The number of carbonyl (C=O) groups excluding carboxylic acids is 1. The highest BCUT2D eigenvalue weighted by atomic mass is 35.5. The lowest BCUT2D eigenvalue weighted by atomic mass is 10.2. The maximum absolute atomic E-state index is 11.1. The summed E-state index contributed by atoms with van der Waals surface area (Å²) in [5.74, 6) is -2.13. The molecule has 0 aliphatic heterocycles. The fraction of sp³-hybridized carbons (Fsp3) is 0.100. The van der Waals surface area contributed by atoms with Gasteiger partial charge in [0.05, 0.1) is 6.20 Å². The van der Waals surface area contributed by atoms with Crippen LogP contribution >= 0.6 is 23.4 Å². The van der Waals surface area contributed by atoms with Crippen LogP contribution < -0.4 is 10.4 Å². The van der Waals surface area contributed by atoms with Crippen LogP contribution in [0.15, 0.2) is 30.5 Å². The predicted molar refractivity (Wildman–Crippen MR) is 67.7 cm³/mol. The summed E-state index contributed by atoms with van der Waals surface area (Å²) in [5, 5.41) is 9.88. The molecule has 1 amide bonds. The van der Waals surface area contributed by atoms with E-state index in [-0.39, 0.29) is 0 Å². The molecule has 0 unspecified atom stereocenters. The Kier molecular flexibility index (Phi) is 5.93. The van der Waals surface area contributed by atoms with Crippen molar-refractivity contribution in [3.8, 4) is 0 Å². The van der Waals surface area contributed by atoms with Crippen LogP contribution in [0.3, 0.4) is 0 Å². The van der Waals surface area contributed by atoms with E-state index in [9.17, 15) is 18.0 Å². The highest BCUT2D eigenvalue weighted by molar-refractivity contribution is 6.34. The molecule has 10 heteroatoms. The van der Waals surface area contributed by atoms with Crippen LogP contribution in [-0.4, -0.2) is 22.3 Å². The number of nitrogens with one attached hydrogen (secondary N) is 2. The minimum Gasteiger partial charge on any atom is -0.269 e. The second kappa shape index (κ2) is 7.22. The zero-order valence-electron chi connectivity index (χ0n) is 9.58. The Balaban J connectivity index is 0.000000206. The molecule has 0 radical (unpaired) electrons. The summed E-state index contributed by atoms with van der Waals surface area (Å²) in [4.78, 5) is 11.0. The summed E-state index contributed by atoms with van der Waals surface area (Å²) in [5.41, 5.74) is 1.14. The second-order valence-electron chi connectivity index (χ2n) is 3.27. The summed E-state index contributed by atoms with van der Waals surface area (Å²) in [7, 11) is 0. The van der Waals surface area contributed by atoms with Crippen LogP contribution in [0.2, 0.25) is 5.15 Å². The van der Waals surface area contributed by atoms with Gasteiger partial charge in [0.2, 0.25) is 0 Å². The first-order valence-corrected chi connectivity index (χ1v) is 5.70. The van der Waals surface area contributed by atoms with Gasteiger partial charge in [-0.2, -0.15) is 18.3 Å². The molecule has 0 saturated carbocycles. The standard InChI is InChI=1S/C8H5ClN2.C2H2ClF3N2O/c9-8-7-4-2-1-3-6(7)5-10-11-8;3-8-7-1(9)2(4,5)6/h1-5H;8H,(H,7,9). The van der Waals surface area contributed by atoms with Gasteiger partial charge in [-0.3, -0.25) is 10.2 Å². The number of hydrazine groups is 1. The fourth-order valence-corrected chi connectivity index (χ4v) is 1.41. The van der Waals surface area contributed by atoms with Crippen molar-refractivity contribution >= 4 is 40.1 Å². The molecule has 1 aromatic carbocycles. The Morgan fingerprint density at radius 2 is 1.90 bits per heavy atom. The summed E-state index contributed by atoms with van der Waals surface area (Å²) in [6.45, 7) is 0. The lowest BCUT2D eigenvalue weighted by molar-refractivity contribution is -0.174. The van der Waals surface area contributed by atoms with Gasteiger partial charge in [-0.1, -0.05) is 35.9 Å². The molecular formula is C10H7Cl2F3N4O. The summed E-state index contributed by atoms with van der Waals surface area (Å²) < 4.78 is 33.4. The van der Waals surface area contributed by atoms with Gasteiger partial charge in [-0.25, -0.2) is 0 Å². The van der Waals surface area contributed by atoms with E-state index >= 15 is 0 Å². The smallest absolute Gasteiger partial charge is 0.269 e. The number of amides is 1. The van der Waals surface area contributed by atoms with Crippen LogP contribution in [0.25, 0.3) is 10.8 Å². The van der Waals surface area contributed by atoms with E-state index in [0.717, 1.165) is 16.2 Å². The third-order valence-corrected chi connectivity index (χ3v) is 2.32. The van der Waals surface area contributed by atoms with Gasteiger partial charge >= 0.3 is 12.1 Å². The number of carbonyl (C=O) groups is 1. The zero-order valence-corrected chi connectivity index (χ0v) is 11.1. The monoisotopic (exact) mass is 326 g/mol. The molecule has 2 rings (SSSR count). The van der Waals surface area contributed by atoms with Gasteiger partial charge in [0.1, 0.15) is 0 Å². The Labute approximate surface area is 121 Å². The highest BCUT2D eigenvalue weighted by Gasteiger charge is 2.38. The van der Waals surface area contributed by atoms with Gasteiger partial charge < -0.3 is 0 Å². The average Bonchev–Trinajstić information content (AvgIpc) is 2.39. The van der Waals surface area contributed by atoms with Gasteiger partial charge in [0.25, 0.3) is 0 Å². The number of hydrogen-bond donors (Lipinski definition) is 2. The van der Waals surface area contributed by atoms with Crippen molar-refractivity contribution in [2.45, 2.75) is 6.18 Å². The molecule has 0 saturated heterocycles. The van der Waals surface area contributed by atoms with Gasteiger partial charge in [-0.15, -0.1) is 10.0 Å². The number of rotatable bonds is 1. The third kappa shape index (κ3) is 4.80. The molecule has 0 spiro atoms. The lowest BCUT2D eigenvalue weighted by Crippen LogP contribution is -2.41. The lowest BCUT2D eigenvalue weighted by Gasteiger charge is -2.03. The van der Waals surface area contributed by atoms with Crippen molar-refractivity contribution in [3.63, 3.8) is 0 Å². The second-order valence-corrected chi connectivity index (χ2v) is 3.82. The van der Waals surface area contributed by atoms with E-state index in [1.807, 2.05) is 24.3 Å². The first kappa shape index (κ1) is 16.4. The largest absolute Gasteiger partial charge is 0.472 e. The topological polar surface area (TPSA) is 66.9 Å². The van der Waals surface area contributed by atoms with E-state index in [4.69, 9.17) is 11.6 Å². The van der Waals surface area contributed by atoms with E-state index in [0.29, 0.717) is 5.15 Å². The SMILES string of the molecule is Clc1nncc2ccccc12.O=C(NNCl)C(F)(F)F. The van der Waals surface area contributed by atoms with Crippen molar-refractivity contribution in [1.29, 1.82) is 0 Å². The predicted octanol–water partition coefficient (Wildman–Crippen LogP) is 2.61. The molecule has 0 atom stereocenters. The number of alkyl halides is 3. The van der Waals surface area contributed by atoms with E-state index < -0.39 is 12.1 Å². The van der Waals surface area contributed by atoms with E-state index in [1.165, 1.54) is 4.94 Å². The molecule has 1 heterocycles. The molecular weight excluding hydrogens is 320 g/mol. The average molecular weight is 327 g/mol. The van der Waals surface area contributed by atoms with Crippen molar-refractivity contribution in [3.05, 3.63) is 35.6 Å². The van der Waals surface area contributed by atoms with Crippen LogP contribution in [0.1, 0.15) is 0 Å². The normalized spacial score (nSPS) is 10.7. The minimum atomic E-state index is -4.89. The first-order chi connectivity index (χ1) is 9.36. The molecule has 0 aliphatic rings.